The van der Waals surface area contributed by atoms with Crippen LogP contribution in [0.25, 0.3) is 5.76 Å². The minimum Gasteiger partial charge on any atom is -0.507 e. The Morgan fingerprint density at radius 3 is 2.19 bits per heavy atom. The SMILES string of the molecule is CCc1ccc(C2/C(=C(\O)c3cc(Cl)cc(Cl)c3OC)C(=O)C(=O)N2c2ccc(OC)c(OC)c2)cc1. The fourth-order valence-electron chi connectivity index (χ4n) is 4.41. The van der Waals surface area contributed by atoms with Gasteiger partial charge in [0.05, 0.1) is 43.5 Å². The average Bonchev–Trinajstić information content (AvgIpc) is 3.17. The first-order chi connectivity index (χ1) is 17.7. The van der Waals surface area contributed by atoms with E-state index < -0.39 is 23.5 Å². The Kier molecular flexibility index (Phi) is 7.66. The first-order valence-electron chi connectivity index (χ1n) is 11.4. The van der Waals surface area contributed by atoms with Gasteiger partial charge in [0.25, 0.3) is 11.7 Å². The predicted octanol–water partition coefficient (Wildman–Crippen LogP) is 6.21. The highest BCUT2D eigenvalue weighted by Gasteiger charge is 2.47. The normalized spacial score (nSPS) is 16.7. The van der Waals surface area contributed by atoms with Gasteiger partial charge in [0.2, 0.25) is 0 Å². The van der Waals surface area contributed by atoms with E-state index in [2.05, 4.69) is 0 Å². The summed E-state index contributed by atoms with van der Waals surface area (Å²) in [6, 6.07) is 14.3. The number of rotatable bonds is 7. The van der Waals surface area contributed by atoms with Crippen LogP contribution < -0.4 is 19.1 Å². The van der Waals surface area contributed by atoms with Gasteiger partial charge in [-0.2, -0.15) is 0 Å². The Balaban J connectivity index is 2.00. The number of hydrogen-bond donors (Lipinski definition) is 1. The molecule has 1 amide bonds. The summed E-state index contributed by atoms with van der Waals surface area (Å²) >= 11 is 12.5. The number of Topliss-reactive ketones (excluding diaryl/α,β-unsaturated/α-hetero) is 1. The summed E-state index contributed by atoms with van der Waals surface area (Å²) in [4.78, 5) is 28.3. The van der Waals surface area contributed by atoms with Crippen LogP contribution in [-0.2, 0) is 16.0 Å². The molecule has 3 aromatic rings. The molecule has 0 saturated carbocycles. The van der Waals surface area contributed by atoms with Gasteiger partial charge in [-0.05, 0) is 41.8 Å². The molecule has 1 fully saturated rings. The summed E-state index contributed by atoms with van der Waals surface area (Å²) in [5.41, 5.74) is 2.07. The van der Waals surface area contributed by atoms with E-state index in [0.29, 0.717) is 22.7 Å². The summed E-state index contributed by atoms with van der Waals surface area (Å²) in [6.07, 6.45) is 0.814. The van der Waals surface area contributed by atoms with Crippen LogP contribution in [0, 0.1) is 0 Å². The summed E-state index contributed by atoms with van der Waals surface area (Å²) in [6.45, 7) is 2.03. The number of anilines is 1. The van der Waals surface area contributed by atoms with Gasteiger partial charge < -0.3 is 19.3 Å². The van der Waals surface area contributed by atoms with Gasteiger partial charge in [-0.15, -0.1) is 0 Å². The Morgan fingerprint density at radius 2 is 1.59 bits per heavy atom. The third-order valence-corrected chi connectivity index (χ3v) is 6.76. The molecule has 192 valence electrons. The summed E-state index contributed by atoms with van der Waals surface area (Å²) < 4.78 is 16.1. The summed E-state index contributed by atoms with van der Waals surface area (Å²) in [7, 11) is 4.36. The molecule has 1 aliphatic rings. The molecule has 0 aromatic heterocycles. The van der Waals surface area contributed by atoms with Gasteiger partial charge >= 0.3 is 0 Å². The van der Waals surface area contributed by atoms with Crippen LogP contribution in [0.15, 0.2) is 60.2 Å². The lowest BCUT2D eigenvalue weighted by Crippen LogP contribution is -2.29. The monoisotopic (exact) mass is 541 g/mol. The smallest absolute Gasteiger partial charge is 0.300 e. The molecule has 1 N–H and O–H groups in total. The van der Waals surface area contributed by atoms with E-state index in [-0.39, 0.29) is 26.9 Å². The second-order valence-corrected chi connectivity index (χ2v) is 9.12. The van der Waals surface area contributed by atoms with Crippen molar-refractivity contribution in [3.05, 3.63) is 86.9 Å². The van der Waals surface area contributed by atoms with E-state index in [1.165, 1.54) is 38.4 Å². The van der Waals surface area contributed by atoms with Crippen molar-refractivity contribution in [2.75, 3.05) is 26.2 Å². The van der Waals surface area contributed by atoms with Crippen molar-refractivity contribution in [1.29, 1.82) is 0 Å². The van der Waals surface area contributed by atoms with E-state index in [9.17, 15) is 14.7 Å². The van der Waals surface area contributed by atoms with E-state index in [0.717, 1.165) is 12.0 Å². The van der Waals surface area contributed by atoms with Crippen LogP contribution in [0.1, 0.15) is 29.7 Å². The van der Waals surface area contributed by atoms with Crippen LogP contribution in [0.5, 0.6) is 17.2 Å². The fraction of sp³-hybridized carbons (Fsp3) is 0.214. The van der Waals surface area contributed by atoms with Gasteiger partial charge in [0.15, 0.2) is 11.5 Å². The van der Waals surface area contributed by atoms with Gasteiger partial charge in [0, 0.05) is 16.8 Å². The van der Waals surface area contributed by atoms with Crippen LogP contribution in [0.3, 0.4) is 0 Å². The van der Waals surface area contributed by atoms with E-state index in [4.69, 9.17) is 37.4 Å². The molecule has 7 nitrogen and oxygen atoms in total. The number of ketones is 1. The van der Waals surface area contributed by atoms with Crippen molar-refractivity contribution in [2.24, 2.45) is 0 Å². The number of carbonyl (C=O) groups excluding carboxylic acids is 2. The Bertz CT molecular complexity index is 1400. The molecule has 9 heteroatoms. The van der Waals surface area contributed by atoms with Gasteiger partial charge in [-0.3, -0.25) is 14.5 Å². The number of carbonyl (C=O) groups is 2. The second kappa shape index (κ2) is 10.7. The van der Waals surface area contributed by atoms with Crippen molar-refractivity contribution < 1.29 is 28.9 Å². The van der Waals surface area contributed by atoms with Gasteiger partial charge in [0.1, 0.15) is 11.5 Å². The van der Waals surface area contributed by atoms with E-state index >= 15 is 0 Å². The molecular formula is C28H25Cl2NO6. The number of aliphatic hydroxyl groups excluding tert-OH is 1. The Morgan fingerprint density at radius 1 is 0.919 bits per heavy atom. The Hall–Kier alpha value is -3.68. The average molecular weight is 542 g/mol. The number of ether oxygens (including phenoxy) is 3. The summed E-state index contributed by atoms with van der Waals surface area (Å²) in [5.74, 6) is -1.16. The molecule has 0 spiro atoms. The minimum atomic E-state index is -0.952. The first kappa shape index (κ1) is 26.4. The lowest BCUT2D eigenvalue weighted by atomic mass is 9.94. The lowest BCUT2D eigenvalue weighted by molar-refractivity contribution is -0.132. The van der Waals surface area contributed by atoms with E-state index in [1.54, 1.807) is 18.2 Å². The maximum Gasteiger partial charge on any atom is 0.300 e. The lowest BCUT2D eigenvalue weighted by Gasteiger charge is -2.26. The third kappa shape index (κ3) is 4.72. The maximum absolute atomic E-state index is 13.5. The first-order valence-corrected chi connectivity index (χ1v) is 12.2. The number of nitrogens with zero attached hydrogens (tertiary/aromatic N) is 1. The molecule has 1 saturated heterocycles. The topological polar surface area (TPSA) is 85.3 Å². The molecule has 0 bridgehead atoms. The second-order valence-electron chi connectivity index (χ2n) is 8.27. The third-order valence-electron chi connectivity index (χ3n) is 6.26. The zero-order valence-electron chi connectivity index (χ0n) is 20.7. The minimum absolute atomic E-state index is 0.0977. The van der Waals surface area contributed by atoms with Gasteiger partial charge in [-0.25, -0.2) is 0 Å². The standard InChI is InChI=1S/C28H25Cl2NO6/c1-5-15-6-8-16(9-7-15)24-23(25(32)19-12-17(29)13-20(30)27(19)37-4)26(33)28(34)31(24)18-10-11-21(35-2)22(14-18)36-3/h6-14,24,32H,5H2,1-4H3/b25-23+. The zero-order valence-corrected chi connectivity index (χ0v) is 22.2. The van der Waals surface area contributed by atoms with Crippen molar-refractivity contribution >= 4 is 46.3 Å². The molecule has 3 aromatic carbocycles. The van der Waals surface area contributed by atoms with Crippen molar-refractivity contribution in [3.8, 4) is 17.2 Å². The maximum atomic E-state index is 13.5. The van der Waals surface area contributed by atoms with Crippen LogP contribution >= 0.6 is 23.2 Å². The summed E-state index contributed by atoms with van der Waals surface area (Å²) in [5, 5.41) is 11.9. The number of hydrogen-bond acceptors (Lipinski definition) is 6. The predicted molar refractivity (Wildman–Crippen MR) is 143 cm³/mol. The van der Waals surface area contributed by atoms with Gasteiger partial charge in [-0.1, -0.05) is 54.4 Å². The van der Waals surface area contributed by atoms with Crippen LogP contribution in [0.2, 0.25) is 10.0 Å². The van der Waals surface area contributed by atoms with Crippen LogP contribution in [0.4, 0.5) is 5.69 Å². The highest BCUT2D eigenvalue weighted by atomic mass is 35.5. The highest BCUT2D eigenvalue weighted by Crippen LogP contribution is 2.46. The van der Waals surface area contributed by atoms with E-state index in [1.807, 2.05) is 31.2 Å². The zero-order chi connectivity index (χ0) is 26.9. The quantitative estimate of drug-likeness (QED) is 0.217. The number of halogens is 2. The fourth-order valence-corrected chi connectivity index (χ4v) is 4.98. The van der Waals surface area contributed by atoms with Crippen molar-refractivity contribution in [3.63, 3.8) is 0 Å². The molecule has 37 heavy (non-hydrogen) atoms. The molecule has 1 aliphatic heterocycles. The molecular weight excluding hydrogens is 517 g/mol. The van der Waals surface area contributed by atoms with Crippen molar-refractivity contribution in [1.82, 2.24) is 0 Å². The molecule has 1 atom stereocenters. The number of methoxy groups -OCH3 is 3. The molecule has 0 radical (unpaired) electrons. The highest BCUT2D eigenvalue weighted by molar-refractivity contribution is 6.52. The molecule has 1 unspecified atom stereocenters. The number of benzene rings is 3. The molecule has 4 rings (SSSR count). The van der Waals surface area contributed by atoms with Crippen LogP contribution in [-0.4, -0.2) is 38.1 Å². The molecule has 0 aliphatic carbocycles. The largest absolute Gasteiger partial charge is 0.507 e. The number of amides is 1. The molecule has 1 heterocycles. The number of aliphatic hydroxyl groups is 1. The van der Waals surface area contributed by atoms with Crippen molar-refractivity contribution in [2.45, 2.75) is 19.4 Å². The number of aryl methyl sites for hydroxylation is 1. The Labute approximate surface area is 224 Å².